The van der Waals surface area contributed by atoms with Gasteiger partial charge in [0, 0.05) is 37.2 Å². The highest BCUT2D eigenvalue weighted by Gasteiger charge is 2.10. The minimum atomic E-state index is -0.429. The van der Waals surface area contributed by atoms with Crippen LogP contribution in [-0.2, 0) is 20.9 Å². The van der Waals surface area contributed by atoms with E-state index < -0.39 is 5.91 Å². The number of benzene rings is 1. The Morgan fingerprint density at radius 3 is 2.29 bits per heavy atom. The molecule has 0 aliphatic heterocycles. The zero-order valence-corrected chi connectivity index (χ0v) is 13.2. The van der Waals surface area contributed by atoms with Crippen molar-refractivity contribution < 1.29 is 14.4 Å². The molecule has 2 aromatic rings. The van der Waals surface area contributed by atoms with Crippen molar-refractivity contribution in [1.82, 2.24) is 10.3 Å². The Bertz CT molecular complexity index is 732. The molecular formula is C17H18N4O3. The normalized spacial score (nSPS) is 9.88. The second-order valence-corrected chi connectivity index (χ2v) is 5.12. The Labute approximate surface area is 139 Å². The lowest BCUT2D eigenvalue weighted by atomic mass is 10.2. The van der Waals surface area contributed by atoms with Gasteiger partial charge in [-0.15, -0.1) is 0 Å². The molecule has 1 aromatic carbocycles. The molecule has 1 aromatic heterocycles. The van der Waals surface area contributed by atoms with E-state index in [1.54, 1.807) is 48.8 Å². The summed E-state index contributed by atoms with van der Waals surface area (Å²) in [6.45, 7) is 1.74. The Kier molecular flexibility index (Phi) is 6.01. The van der Waals surface area contributed by atoms with Crippen LogP contribution in [0.15, 0.2) is 48.8 Å². The molecule has 0 bridgehead atoms. The largest absolute Gasteiger partial charge is 0.352 e. The van der Waals surface area contributed by atoms with Crippen molar-refractivity contribution in [3.63, 3.8) is 0 Å². The van der Waals surface area contributed by atoms with E-state index in [1.165, 1.54) is 6.92 Å². The fourth-order valence-corrected chi connectivity index (χ4v) is 1.99. The van der Waals surface area contributed by atoms with Crippen molar-refractivity contribution in [2.45, 2.75) is 19.9 Å². The third-order valence-corrected chi connectivity index (χ3v) is 3.03. The Morgan fingerprint density at radius 2 is 1.62 bits per heavy atom. The number of carbonyl (C=O) groups is 3. The molecule has 0 fully saturated rings. The SMILES string of the molecule is CC(=O)Nc1cccc(NC(=O)CC(=O)NCc2ccncc2)c1. The summed E-state index contributed by atoms with van der Waals surface area (Å²) < 4.78 is 0. The Balaban J connectivity index is 1.82. The summed E-state index contributed by atoms with van der Waals surface area (Å²) in [7, 11) is 0. The van der Waals surface area contributed by atoms with E-state index in [-0.39, 0.29) is 18.2 Å². The van der Waals surface area contributed by atoms with Crippen LogP contribution in [0.3, 0.4) is 0 Å². The summed E-state index contributed by atoms with van der Waals surface area (Å²) in [5, 5.41) is 7.92. The average Bonchev–Trinajstić information content (AvgIpc) is 2.53. The lowest BCUT2D eigenvalue weighted by Crippen LogP contribution is -2.27. The van der Waals surface area contributed by atoms with Crippen LogP contribution >= 0.6 is 0 Å². The average molecular weight is 326 g/mol. The number of carbonyl (C=O) groups excluding carboxylic acids is 3. The summed E-state index contributed by atoms with van der Waals surface area (Å²) in [4.78, 5) is 38.6. The van der Waals surface area contributed by atoms with Gasteiger partial charge >= 0.3 is 0 Å². The van der Waals surface area contributed by atoms with E-state index in [4.69, 9.17) is 0 Å². The highest BCUT2D eigenvalue weighted by Crippen LogP contribution is 2.15. The maximum absolute atomic E-state index is 11.9. The molecule has 2 rings (SSSR count). The van der Waals surface area contributed by atoms with Gasteiger partial charge in [0.15, 0.2) is 0 Å². The topological polar surface area (TPSA) is 100 Å². The summed E-state index contributed by atoms with van der Waals surface area (Å²) >= 11 is 0. The molecule has 0 atom stereocenters. The van der Waals surface area contributed by atoms with Crippen molar-refractivity contribution in [3.05, 3.63) is 54.4 Å². The lowest BCUT2D eigenvalue weighted by molar-refractivity contribution is -0.127. The van der Waals surface area contributed by atoms with Gasteiger partial charge in [0.25, 0.3) is 0 Å². The van der Waals surface area contributed by atoms with Gasteiger partial charge in [-0.2, -0.15) is 0 Å². The predicted octanol–water partition coefficient (Wildman–Crippen LogP) is 1.68. The van der Waals surface area contributed by atoms with Crippen molar-refractivity contribution in [2.75, 3.05) is 10.6 Å². The van der Waals surface area contributed by atoms with E-state index in [0.717, 1.165) is 5.56 Å². The number of pyridine rings is 1. The van der Waals surface area contributed by atoms with Gasteiger partial charge in [-0.05, 0) is 35.9 Å². The van der Waals surface area contributed by atoms with Gasteiger partial charge in [0.2, 0.25) is 17.7 Å². The molecule has 3 amide bonds. The third kappa shape index (κ3) is 5.88. The van der Waals surface area contributed by atoms with Crippen LogP contribution in [0.1, 0.15) is 18.9 Å². The van der Waals surface area contributed by atoms with Crippen LogP contribution in [-0.4, -0.2) is 22.7 Å². The molecule has 0 aliphatic carbocycles. The lowest BCUT2D eigenvalue weighted by Gasteiger charge is -2.08. The Hall–Kier alpha value is -3.22. The second kappa shape index (κ2) is 8.42. The molecule has 124 valence electrons. The van der Waals surface area contributed by atoms with Gasteiger partial charge in [0.05, 0.1) is 0 Å². The fraction of sp³-hybridized carbons (Fsp3) is 0.176. The molecule has 0 spiro atoms. The van der Waals surface area contributed by atoms with Crippen molar-refractivity contribution >= 4 is 29.1 Å². The molecule has 0 saturated carbocycles. The van der Waals surface area contributed by atoms with Crippen LogP contribution in [0.5, 0.6) is 0 Å². The fourth-order valence-electron chi connectivity index (χ4n) is 1.99. The molecule has 7 nitrogen and oxygen atoms in total. The zero-order valence-electron chi connectivity index (χ0n) is 13.2. The monoisotopic (exact) mass is 326 g/mol. The smallest absolute Gasteiger partial charge is 0.233 e. The molecule has 1 heterocycles. The summed E-state index contributed by atoms with van der Waals surface area (Å²) in [5.74, 6) is -1.00. The first-order valence-electron chi connectivity index (χ1n) is 7.36. The number of nitrogens with zero attached hydrogens (tertiary/aromatic N) is 1. The molecule has 0 radical (unpaired) electrons. The van der Waals surface area contributed by atoms with E-state index in [0.29, 0.717) is 17.9 Å². The maximum atomic E-state index is 11.9. The van der Waals surface area contributed by atoms with Gasteiger partial charge in [-0.1, -0.05) is 6.07 Å². The summed E-state index contributed by atoms with van der Waals surface area (Å²) in [6, 6.07) is 10.3. The summed E-state index contributed by atoms with van der Waals surface area (Å²) in [6.07, 6.45) is 2.99. The number of aromatic nitrogens is 1. The van der Waals surface area contributed by atoms with E-state index in [9.17, 15) is 14.4 Å². The van der Waals surface area contributed by atoms with Gasteiger partial charge in [-0.25, -0.2) is 0 Å². The van der Waals surface area contributed by atoms with E-state index in [1.807, 2.05) is 0 Å². The first kappa shape index (κ1) is 17.1. The standard InChI is InChI=1S/C17H18N4O3/c1-12(22)20-14-3-2-4-15(9-14)21-17(24)10-16(23)19-11-13-5-7-18-8-6-13/h2-9H,10-11H2,1H3,(H,19,23)(H,20,22)(H,21,24). The predicted molar refractivity (Wildman–Crippen MR) is 90.1 cm³/mol. The Morgan fingerprint density at radius 1 is 0.958 bits per heavy atom. The van der Waals surface area contributed by atoms with Gasteiger partial charge in [0.1, 0.15) is 6.42 Å². The van der Waals surface area contributed by atoms with Crippen molar-refractivity contribution in [2.24, 2.45) is 0 Å². The molecule has 7 heteroatoms. The number of anilines is 2. The first-order valence-corrected chi connectivity index (χ1v) is 7.36. The third-order valence-electron chi connectivity index (χ3n) is 3.03. The number of amides is 3. The molecule has 24 heavy (non-hydrogen) atoms. The first-order chi connectivity index (χ1) is 11.5. The van der Waals surface area contributed by atoms with Crippen molar-refractivity contribution in [3.8, 4) is 0 Å². The van der Waals surface area contributed by atoms with Crippen LogP contribution < -0.4 is 16.0 Å². The van der Waals surface area contributed by atoms with Gasteiger partial charge < -0.3 is 16.0 Å². The van der Waals surface area contributed by atoms with Crippen LogP contribution in [0.2, 0.25) is 0 Å². The van der Waals surface area contributed by atoms with E-state index in [2.05, 4.69) is 20.9 Å². The highest BCUT2D eigenvalue weighted by atomic mass is 16.2. The zero-order chi connectivity index (χ0) is 17.4. The van der Waals surface area contributed by atoms with Crippen LogP contribution in [0, 0.1) is 0 Å². The van der Waals surface area contributed by atoms with E-state index >= 15 is 0 Å². The number of hydrogen-bond acceptors (Lipinski definition) is 4. The van der Waals surface area contributed by atoms with Crippen LogP contribution in [0.4, 0.5) is 11.4 Å². The number of hydrogen-bond donors (Lipinski definition) is 3. The number of rotatable bonds is 6. The molecular weight excluding hydrogens is 308 g/mol. The van der Waals surface area contributed by atoms with Gasteiger partial charge in [-0.3, -0.25) is 19.4 Å². The highest BCUT2D eigenvalue weighted by molar-refractivity contribution is 6.03. The van der Waals surface area contributed by atoms with Crippen LogP contribution in [0.25, 0.3) is 0 Å². The molecule has 0 aliphatic rings. The molecule has 0 unspecified atom stereocenters. The minimum Gasteiger partial charge on any atom is -0.352 e. The molecule has 0 saturated heterocycles. The maximum Gasteiger partial charge on any atom is 0.233 e. The second-order valence-electron chi connectivity index (χ2n) is 5.12. The van der Waals surface area contributed by atoms with Crippen molar-refractivity contribution in [1.29, 1.82) is 0 Å². The molecule has 3 N–H and O–H groups in total. The quantitative estimate of drug-likeness (QED) is 0.703. The number of nitrogens with one attached hydrogen (secondary N) is 3. The summed E-state index contributed by atoms with van der Waals surface area (Å²) in [5.41, 5.74) is 1.98. The minimum absolute atomic E-state index is 0.200.